The average molecular weight is 285 g/mol. The van der Waals surface area contributed by atoms with Crippen molar-refractivity contribution in [2.24, 2.45) is 0 Å². The summed E-state index contributed by atoms with van der Waals surface area (Å²) in [6, 6.07) is 9.40. The molecule has 0 amide bonds. The lowest BCUT2D eigenvalue weighted by Crippen LogP contribution is -2.09. The minimum Gasteiger partial charge on any atom is -0.462 e. The maximum absolute atomic E-state index is 12.3. The lowest BCUT2D eigenvalue weighted by atomic mass is 9.97. The Morgan fingerprint density at radius 1 is 1.29 bits per heavy atom. The third-order valence-corrected chi connectivity index (χ3v) is 3.30. The highest BCUT2D eigenvalue weighted by molar-refractivity contribution is 6.03. The summed E-state index contributed by atoms with van der Waals surface area (Å²) in [4.78, 5) is 26.8. The highest BCUT2D eigenvalue weighted by atomic mass is 16.5. The molecule has 0 saturated heterocycles. The van der Waals surface area contributed by atoms with Crippen LogP contribution in [-0.4, -0.2) is 23.8 Å². The van der Waals surface area contributed by atoms with Crippen LogP contribution < -0.4 is 0 Å². The summed E-state index contributed by atoms with van der Waals surface area (Å²) in [5.41, 5.74) is 3.04. The molecule has 0 aliphatic carbocycles. The SMILES string of the molecule is CCOC(=O)c1c(C(C)C)[nH]c(C=O)c1-c1ccccc1. The number of nitrogens with one attached hydrogen (secondary N) is 1. The number of aromatic nitrogens is 1. The van der Waals surface area contributed by atoms with Crippen LogP contribution in [0.1, 0.15) is 53.2 Å². The molecule has 4 nitrogen and oxygen atoms in total. The number of H-pyrrole nitrogens is 1. The number of carbonyl (C=O) groups is 2. The Bertz CT molecular complexity index is 642. The smallest absolute Gasteiger partial charge is 0.340 e. The van der Waals surface area contributed by atoms with Crippen LogP contribution in [0, 0.1) is 0 Å². The van der Waals surface area contributed by atoms with Gasteiger partial charge in [-0.15, -0.1) is 0 Å². The minimum absolute atomic E-state index is 0.0839. The predicted octanol–water partition coefficient (Wildman–Crippen LogP) is 3.79. The van der Waals surface area contributed by atoms with Crippen LogP contribution >= 0.6 is 0 Å². The van der Waals surface area contributed by atoms with E-state index in [0.29, 0.717) is 23.4 Å². The summed E-state index contributed by atoms with van der Waals surface area (Å²) in [6.45, 7) is 6.00. The Morgan fingerprint density at radius 2 is 1.95 bits per heavy atom. The second-order valence-electron chi connectivity index (χ2n) is 5.06. The molecule has 1 heterocycles. The molecule has 1 N–H and O–H groups in total. The molecule has 0 unspecified atom stereocenters. The van der Waals surface area contributed by atoms with Gasteiger partial charge in [0.2, 0.25) is 0 Å². The first-order valence-electron chi connectivity index (χ1n) is 7.03. The second-order valence-corrected chi connectivity index (χ2v) is 5.06. The Kier molecular flexibility index (Phi) is 4.58. The van der Waals surface area contributed by atoms with Gasteiger partial charge < -0.3 is 9.72 Å². The largest absolute Gasteiger partial charge is 0.462 e. The molecule has 2 rings (SSSR count). The van der Waals surface area contributed by atoms with E-state index in [1.54, 1.807) is 6.92 Å². The van der Waals surface area contributed by atoms with E-state index in [9.17, 15) is 9.59 Å². The summed E-state index contributed by atoms with van der Waals surface area (Å²) >= 11 is 0. The standard InChI is InChI=1S/C17H19NO3/c1-4-21-17(20)15-14(12-8-6-5-7-9-12)13(10-19)18-16(15)11(2)3/h5-11,18H,4H2,1-3H3. The maximum Gasteiger partial charge on any atom is 0.340 e. The maximum atomic E-state index is 12.3. The van der Waals surface area contributed by atoms with Crippen molar-refractivity contribution < 1.29 is 14.3 Å². The van der Waals surface area contributed by atoms with Crippen LogP contribution in [-0.2, 0) is 4.74 Å². The van der Waals surface area contributed by atoms with Gasteiger partial charge in [-0.1, -0.05) is 44.2 Å². The molecular weight excluding hydrogens is 266 g/mol. The Balaban J connectivity index is 2.71. The molecule has 0 aliphatic heterocycles. The van der Waals surface area contributed by atoms with Crippen LogP contribution in [0.25, 0.3) is 11.1 Å². The highest BCUT2D eigenvalue weighted by Gasteiger charge is 2.26. The molecule has 1 aromatic heterocycles. The van der Waals surface area contributed by atoms with E-state index in [1.165, 1.54) is 0 Å². The Morgan fingerprint density at radius 3 is 2.48 bits per heavy atom. The van der Waals surface area contributed by atoms with Crippen molar-refractivity contribution in [2.75, 3.05) is 6.61 Å². The van der Waals surface area contributed by atoms with Crippen molar-refractivity contribution in [1.29, 1.82) is 0 Å². The summed E-state index contributed by atoms with van der Waals surface area (Å²) in [5.74, 6) is -0.315. The van der Waals surface area contributed by atoms with Crippen molar-refractivity contribution in [1.82, 2.24) is 4.98 Å². The predicted molar refractivity (Wildman–Crippen MR) is 81.7 cm³/mol. The molecule has 1 aromatic carbocycles. The van der Waals surface area contributed by atoms with Gasteiger partial charge in [-0.05, 0) is 18.4 Å². The number of aldehydes is 1. The number of hydrogen-bond donors (Lipinski definition) is 1. The molecule has 0 saturated carbocycles. The van der Waals surface area contributed by atoms with E-state index in [1.807, 2.05) is 44.2 Å². The van der Waals surface area contributed by atoms with Crippen molar-refractivity contribution in [3.05, 3.63) is 47.3 Å². The van der Waals surface area contributed by atoms with E-state index in [4.69, 9.17) is 4.74 Å². The first kappa shape index (κ1) is 15.0. The van der Waals surface area contributed by atoms with Gasteiger partial charge in [0, 0.05) is 11.3 Å². The second kappa shape index (κ2) is 6.39. The molecular formula is C17H19NO3. The number of carbonyl (C=O) groups excluding carboxylic acids is 2. The van der Waals surface area contributed by atoms with Gasteiger partial charge >= 0.3 is 5.97 Å². The van der Waals surface area contributed by atoms with E-state index < -0.39 is 5.97 Å². The van der Waals surface area contributed by atoms with Crippen LogP contribution in [0.5, 0.6) is 0 Å². The van der Waals surface area contributed by atoms with Gasteiger partial charge in [-0.2, -0.15) is 0 Å². The molecule has 0 spiro atoms. The molecule has 2 aromatic rings. The van der Waals surface area contributed by atoms with Crippen LogP contribution in [0.2, 0.25) is 0 Å². The molecule has 0 bridgehead atoms. The Labute approximate surface area is 124 Å². The van der Waals surface area contributed by atoms with Crippen molar-refractivity contribution >= 4 is 12.3 Å². The summed E-state index contributed by atoms with van der Waals surface area (Å²) < 4.78 is 5.16. The van der Waals surface area contributed by atoms with E-state index in [2.05, 4.69) is 4.98 Å². The zero-order valence-electron chi connectivity index (χ0n) is 12.5. The van der Waals surface area contributed by atoms with Crippen LogP contribution in [0.4, 0.5) is 0 Å². The summed E-state index contributed by atoms with van der Waals surface area (Å²) in [7, 11) is 0. The van der Waals surface area contributed by atoms with Crippen LogP contribution in [0.3, 0.4) is 0 Å². The van der Waals surface area contributed by atoms with E-state index in [-0.39, 0.29) is 5.92 Å². The van der Waals surface area contributed by atoms with Gasteiger partial charge in [0.15, 0.2) is 6.29 Å². The first-order valence-corrected chi connectivity index (χ1v) is 7.03. The molecule has 4 heteroatoms. The highest BCUT2D eigenvalue weighted by Crippen LogP contribution is 2.33. The molecule has 0 radical (unpaired) electrons. The zero-order chi connectivity index (χ0) is 15.4. The average Bonchev–Trinajstić information content (AvgIpc) is 2.88. The zero-order valence-corrected chi connectivity index (χ0v) is 12.5. The van der Waals surface area contributed by atoms with E-state index in [0.717, 1.165) is 17.5 Å². The number of rotatable bonds is 5. The van der Waals surface area contributed by atoms with Gasteiger partial charge in [0.25, 0.3) is 0 Å². The third kappa shape index (κ3) is 2.89. The number of ether oxygens (including phenoxy) is 1. The van der Waals surface area contributed by atoms with Crippen molar-refractivity contribution in [3.63, 3.8) is 0 Å². The number of aromatic amines is 1. The van der Waals surface area contributed by atoms with Gasteiger partial charge in [-0.25, -0.2) is 4.79 Å². The quantitative estimate of drug-likeness (QED) is 0.671. The normalized spacial score (nSPS) is 10.7. The summed E-state index contributed by atoms with van der Waals surface area (Å²) in [6.07, 6.45) is 0.747. The van der Waals surface area contributed by atoms with Gasteiger partial charge in [0.1, 0.15) is 0 Å². The Hall–Kier alpha value is -2.36. The number of hydrogen-bond acceptors (Lipinski definition) is 3. The number of benzene rings is 1. The fraction of sp³-hybridized carbons (Fsp3) is 0.294. The first-order chi connectivity index (χ1) is 10.1. The monoisotopic (exact) mass is 285 g/mol. The molecule has 0 fully saturated rings. The molecule has 0 atom stereocenters. The van der Waals surface area contributed by atoms with Crippen LogP contribution in [0.15, 0.2) is 30.3 Å². The molecule has 0 aliphatic rings. The lowest BCUT2D eigenvalue weighted by molar-refractivity contribution is 0.0525. The minimum atomic E-state index is -0.399. The third-order valence-electron chi connectivity index (χ3n) is 3.30. The lowest BCUT2D eigenvalue weighted by Gasteiger charge is -2.09. The van der Waals surface area contributed by atoms with E-state index >= 15 is 0 Å². The number of esters is 1. The van der Waals surface area contributed by atoms with Crippen molar-refractivity contribution in [2.45, 2.75) is 26.7 Å². The fourth-order valence-corrected chi connectivity index (χ4v) is 2.38. The fourth-order valence-electron chi connectivity index (χ4n) is 2.38. The van der Waals surface area contributed by atoms with Gasteiger partial charge in [-0.3, -0.25) is 4.79 Å². The topological polar surface area (TPSA) is 59.2 Å². The summed E-state index contributed by atoms with van der Waals surface area (Å²) in [5, 5.41) is 0. The van der Waals surface area contributed by atoms with Gasteiger partial charge in [0.05, 0.1) is 17.9 Å². The molecule has 21 heavy (non-hydrogen) atoms. The molecule has 110 valence electrons. The van der Waals surface area contributed by atoms with Crippen molar-refractivity contribution in [3.8, 4) is 11.1 Å².